The molecule has 1 saturated heterocycles. The Kier molecular flexibility index (Phi) is 6.99. The van der Waals surface area contributed by atoms with Crippen LogP contribution in [0.1, 0.15) is 43.0 Å². The van der Waals surface area contributed by atoms with Crippen molar-refractivity contribution in [1.29, 1.82) is 0 Å². The first kappa shape index (κ1) is 20.0. The van der Waals surface area contributed by atoms with Gasteiger partial charge in [-0.1, -0.05) is 44.2 Å². The molecule has 146 valence electrons. The van der Waals surface area contributed by atoms with Crippen molar-refractivity contribution in [3.05, 3.63) is 52.0 Å². The molecule has 0 bridgehead atoms. The second kappa shape index (κ2) is 9.44. The third kappa shape index (κ3) is 6.13. The van der Waals surface area contributed by atoms with E-state index < -0.39 is 0 Å². The van der Waals surface area contributed by atoms with Crippen LogP contribution in [0, 0.1) is 0 Å². The number of hydrogen-bond donors (Lipinski definition) is 1. The van der Waals surface area contributed by atoms with Crippen molar-refractivity contribution in [2.45, 2.75) is 45.2 Å². The molecule has 0 radical (unpaired) electrons. The van der Waals surface area contributed by atoms with Crippen LogP contribution in [0.2, 0.25) is 0 Å². The molecule has 1 N–H and O–H groups in total. The molecule has 2 aromatic rings. The van der Waals surface area contributed by atoms with Crippen LogP contribution in [-0.4, -0.2) is 42.1 Å². The smallest absolute Gasteiger partial charge is 0.220 e. The molecule has 27 heavy (non-hydrogen) atoms. The fraction of sp³-hybridized carbons (Fsp3) is 0.524. The van der Waals surface area contributed by atoms with Crippen molar-refractivity contribution in [3.63, 3.8) is 0 Å². The molecule has 3 rings (SSSR count). The second-order valence-corrected chi connectivity index (χ2v) is 8.59. The first-order valence-electron chi connectivity index (χ1n) is 9.58. The van der Waals surface area contributed by atoms with Gasteiger partial charge in [0.15, 0.2) is 0 Å². The van der Waals surface area contributed by atoms with Crippen LogP contribution in [0.3, 0.4) is 0 Å². The molecule has 0 aliphatic carbocycles. The van der Waals surface area contributed by atoms with E-state index in [0.717, 1.165) is 50.0 Å². The lowest BCUT2D eigenvalue weighted by Crippen LogP contribution is -2.35. The minimum Gasteiger partial charge on any atom is -0.379 e. The first-order chi connectivity index (χ1) is 13.0. The normalized spacial score (nSPS) is 15.6. The summed E-state index contributed by atoms with van der Waals surface area (Å²) in [5.74, 6) is 0.0870. The first-order valence-corrected chi connectivity index (χ1v) is 10.5. The van der Waals surface area contributed by atoms with Crippen molar-refractivity contribution in [3.8, 4) is 0 Å². The molecular formula is C21H29N3O2S. The van der Waals surface area contributed by atoms with Crippen LogP contribution < -0.4 is 5.32 Å². The van der Waals surface area contributed by atoms with E-state index in [1.807, 2.05) is 18.2 Å². The van der Waals surface area contributed by atoms with Gasteiger partial charge in [-0.15, -0.1) is 11.3 Å². The minimum absolute atomic E-state index is 0.00882. The standard InChI is InChI=1S/C21H29N3O2S/c1-21(2,17-6-4-3-5-7-17)9-8-19(25)22-14-20-23-18(16-27-20)15-24-10-12-26-13-11-24/h3-7,16H,8-15H2,1-2H3,(H,22,25). The van der Waals surface area contributed by atoms with Gasteiger partial charge >= 0.3 is 0 Å². The highest BCUT2D eigenvalue weighted by Gasteiger charge is 2.21. The van der Waals surface area contributed by atoms with Crippen molar-refractivity contribution >= 4 is 17.2 Å². The van der Waals surface area contributed by atoms with Crippen LogP contribution in [0.25, 0.3) is 0 Å². The van der Waals surface area contributed by atoms with Gasteiger partial charge in [0, 0.05) is 31.4 Å². The number of aromatic nitrogens is 1. The second-order valence-electron chi connectivity index (χ2n) is 7.65. The van der Waals surface area contributed by atoms with Crippen molar-refractivity contribution in [2.24, 2.45) is 0 Å². The Morgan fingerprint density at radius 1 is 1.26 bits per heavy atom. The SMILES string of the molecule is CC(C)(CCC(=O)NCc1nc(CN2CCOCC2)cs1)c1ccccc1. The predicted molar refractivity (Wildman–Crippen MR) is 109 cm³/mol. The molecule has 6 heteroatoms. The molecule has 0 unspecified atom stereocenters. The van der Waals surface area contributed by atoms with Crippen LogP contribution in [0.4, 0.5) is 0 Å². The molecule has 5 nitrogen and oxygen atoms in total. The molecule has 1 amide bonds. The largest absolute Gasteiger partial charge is 0.379 e. The Morgan fingerprint density at radius 2 is 2.00 bits per heavy atom. The van der Waals surface area contributed by atoms with Gasteiger partial charge in [0.05, 0.1) is 25.5 Å². The van der Waals surface area contributed by atoms with Crippen molar-refractivity contribution in [1.82, 2.24) is 15.2 Å². The highest BCUT2D eigenvalue weighted by Crippen LogP contribution is 2.28. The van der Waals surface area contributed by atoms with E-state index in [4.69, 9.17) is 4.74 Å². The molecule has 1 fully saturated rings. The summed E-state index contributed by atoms with van der Waals surface area (Å²) in [5.41, 5.74) is 2.34. The van der Waals surface area contributed by atoms with Crippen LogP contribution in [0.15, 0.2) is 35.7 Å². The summed E-state index contributed by atoms with van der Waals surface area (Å²) in [6.07, 6.45) is 1.34. The quantitative estimate of drug-likeness (QED) is 0.755. The Morgan fingerprint density at radius 3 is 2.74 bits per heavy atom. The third-order valence-corrected chi connectivity index (χ3v) is 5.96. The molecule has 1 aliphatic rings. The number of nitrogens with zero attached hydrogens (tertiary/aromatic N) is 2. The van der Waals surface area contributed by atoms with E-state index in [0.29, 0.717) is 13.0 Å². The minimum atomic E-state index is -0.00882. The van der Waals surface area contributed by atoms with Gasteiger partial charge in [-0.25, -0.2) is 4.98 Å². The van der Waals surface area contributed by atoms with E-state index >= 15 is 0 Å². The summed E-state index contributed by atoms with van der Waals surface area (Å²) in [7, 11) is 0. The Bertz CT molecular complexity index is 724. The summed E-state index contributed by atoms with van der Waals surface area (Å²) in [6.45, 7) is 9.26. The van der Waals surface area contributed by atoms with Crippen LogP contribution >= 0.6 is 11.3 Å². The number of ether oxygens (including phenoxy) is 1. The number of thiazole rings is 1. The van der Waals surface area contributed by atoms with Gasteiger partial charge in [0.2, 0.25) is 5.91 Å². The molecular weight excluding hydrogens is 358 g/mol. The summed E-state index contributed by atoms with van der Waals surface area (Å²) < 4.78 is 5.38. The van der Waals surface area contributed by atoms with E-state index in [1.165, 1.54) is 5.56 Å². The highest BCUT2D eigenvalue weighted by molar-refractivity contribution is 7.09. The van der Waals surface area contributed by atoms with Gasteiger partial charge in [-0.2, -0.15) is 0 Å². The maximum Gasteiger partial charge on any atom is 0.220 e. The summed E-state index contributed by atoms with van der Waals surface area (Å²) in [5, 5.41) is 6.07. The molecule has 1 aromatic carbocycles. The summed E-state index contributed by atoms with van der Waals surface area (Å²) in [6, 6.07) is 10.4. The Hall–Kier alpha value is -1.76. The fourth-order valence-corrected chi connectivity index (χ4v) is 3.94. The van der Waals surface area contributed by atoms with Crippen molar-refractivity contribution < 1.29 is 9.53 Å². The van der Waals surface area contributed by atoms with E-state index in [-0.39, 0.29) is 11.3 Å². The van der Waals surface area contributed by atoms with Crippen molar-refractivity contribution in [2.75, 3.05) is 26.3 Å². The Labute approximate surface area is 165 Å². The maximum absolute atomic E-state index is 12.3. The molecule has 1 aliphatic heterocycles. The molecule has 0 atom stereocenters. The zero-order valence-corrected chi connectivity index (χ0v) is 17.1. The number of nitrogens with one attached hydrogen (secondary N) is 1. The Balaban J connectivity index is 1.41. The van der Waals surface area contributed by atoms with Gasteiger partial charge < -0.3 is 10.1 Å². The van der Waals surface area contributed by atoms with Gasteiger partial charge in [-0.3, -0.25) is 9.69 Å². The van der Waals surface area contributed by atoms with Crippen LogP contribution in [0.5, 0.6) is 0 Å². The lowest BCUT2D eigenvalue weighted by molar-refractivity contribution is -0.121. The van der Waals surface area contributed by atoms with E-state index in [2.05, 4.69) is 46.6 Å². The summed E-state index contributed by atoms with van der Waals surface area (Å²) in [4.78, 5) is 19.3. The zero-order chi connectivity index (χ0) is 19.1. The molecule has 1 aromatic heterocycles. The van der Waals surface area contributed by atoms with Gasteiger partial charge in [-0.05, 0) is 17.4 Å². The van der Waals surface area contributed by atoms with Gasteiger partial charge in [0.1, 0.15) is 5.01 Å². The fourth-order valence-electron chi connectivity index (χ4n) is 3.21. The number of carbonyl (C=O) groups is 1. The lowest BCUT2D eigenvalue weighted by Gasteiger charge is -2.25. The number of amides is 1. The third-order valence-electron chi connectivity index (χ3n) is 5.06. The zero-order valence-electron chi connectivity index (χ0n) is 16.2. The number of morpholine rings is 1. The predicted octanol–water partition coefficient (Wildman–Crippen LogP) is 3.35. The molecule has 0 spiro atoms. The lowest BCUT2D eigenvalue weighted by atomic mass is 9.80. The number of carbonyl (C=O) groups excluding carboxylic acids is 1. The number of hydrogen-bond acceptors (Lipinski definition) is 5. The average molecular weight is 388 g/mol. The molecule has 0 saturated carbocycles. The average Bonchev–Trinajstić information content (AvgIpc) is 3.14. The van der Waals surface area contributed by atoms with Gasteiger partial charge in [0.25, 0.3) is 0 Å². The molecule has 2 heterocycles. The maximum atomic E-state index is 12.3. The van der Waals surface area contributed by atoms with E-state index in [9.17, 15) is 4.79 Å². The number of rotatable bonds is 8. The monoisotopic (exact) mass is 387 g/mol. The van der Waals surface area contributed by atoms with Crippen LogP contribution in [-0.2, 0) is 28.0 Å². The topological polar surface area (TPSA) is 54.5 Å². The van der Waals surface area contributed by atoms with E-state index in [1.54, 1.807) is 11.3 Å². The number of benzene rings is 1. The summed E-state index contributed by atoms with van der Waals surface area (Å²) >= 11 is 1.62. The highest BCUT2D eigenvalue weighted by atomic mass is 32.1.